The quantitative estimate of drug-likeness (QED) is 0.850. The van der Waals surface area contributed by atoms with Gasteiger partial charge >= 0.3 is 0 Å². The molecule has 8 heteroatoms. The van der Waals surface area contributed by atoms with Gasteiger partial charge in [0.15, 0.2) is 0 Å². The lowest BCUT2D eigenvalue weighted by Gasteiger charge is -2.15. The van der Waals surface area contributed by atoms with Crippen molar-refractivity contribution in [2.75, 3.05) is 0 Å². The van der Waals surface area contributed by atoms with Crippen molar-refractivity contribution in [3.8, 4) is 0 Å². The Labute approximate surface area is 137 Å². The third-order valence-electron chi connectivity index (χ3n) is 2.84. The second-order valence-corrected chi connectivity index (χ2v) is 8.14. The zero-order chi connectivity index (χ0) is 15.6. The summed E-state index contributed by atoms with van der Waals surface area (Å²) in [7, 11) is -3.66. The van der Waals surface area contributed by atoms with Gasteiger partial charge in [-0.2, -0.15) is 0 Å². The fourth-order valence-corrected chi connectivity index (χ4v) is 4.80. The van der Waals surface area contributed by atoms with Crippen LogP contribution in [0.2, 0.25) is 10.0 Å². The number of benzene rings is 1. The third-order valence-corrected chi connectivity index (χ3v) is 6.43. The van der Waals surface area contributed by atoms with Crippen LogP contribution in [0.1, 0.15) is 24.1 Å². The normalized spacial score (nSPS) is 13.3. The Balaban J connectivity index is 2.23. The van der Waals surface area contributed by atoms with Crippen LogP contribution in [0, 0.1) is 0 Å². The van der Waals surface area contributed by atoms with Gasteiger partial charge in [0.05, 0.1) is 6.61 Å². The standard InChI is InChI=1S/C13H13Cl2NO3S2/c1-8(11-3-2-10(14)5-12(11)15)16-21(18,19)13-4-9(6-17)7-20-13/h2-5,7-8,16-17H,6H2,1H3. The van der Waals surface area contributed by atoms with Crippen molar-refractivity contribution >= 4 is 44.6 Å². The van der Waals surface area contributed by atoms with E-state index in [2.05, 4.69) is 4.72 Å². The van der Waals surface area contributed by atoms with Gasteiger partial charge < -0.3 is 5.11 Å². The molecule has 21 heavy (non-hydrogen) atoms. The molecular formula is C13H13Cl2NO3S2. The number of hydrogen-bond donors (Lipinski definition) is 2. The molecule has 0 saturated carbocycles. The third kappa shape index (κ3) is 3.97. The SMILES string of the molecule is CC(NS(=O)(=O)c1cc(CO)cs1)c1ccc(Cl)cc1Cl. The van der Waals surface area contributed by atoms with Gasteiger partial charge in [0, 0.05) is 16.1 Å². The zero-order valence-corrected chi connectivity index (χ0v) is 14.2. The van der Waals surface area contributed by atoms with Crippen molar-refractivity contribution in [1.29, 1.82) is 0 Å². The molecule has 0 saturated heterocycles. The number of aliphatic hydroxyl groups is 1. The smallest absolute Gasteiger partial charge is 0.250 e. The molecule has 4 nitrogen and oxygen atoms in total. The summed E-state index contributed by atoms with van der Waals surface area (Å²) in [4.78, 5) is 0. The van der Waals surface area contributed by atoms with E-state index in [0.29, 0.717) is 21.2 Å². The van der Waals surface area contributed by atoms with E-state index < -0.39 is 16.1 Å². The lowest BCUT2D eigenvalue weighted by molar-refractivity contribution is 0.282. The minimum absolute atomic E-state index is 0.156. The van der Waals surface area contributed by atoms with Gasteiger partial charge in [-0.05, 0) is 41.6 Å². The van der Waals surface area contributed by atoms with Crippen LogP contribution >= 0.6 is 34.5 Å². The first-order valence-electron chi connectivity index (χ1n) is 5.99. The fraction of sp³-hybridized carbons (Fsp3) is 0.231. The van der Waals surface area contributed by atoms with Gasteiger partial charge in [-0.1, -0.05) is 29.3 Å². The van der Waals surface area contributed by atoms with Crippen LogP contribution in [0.15, 0.2) is 33.9 Å². The number of thiophene rings is 1. The van der Waals surface area contributed by atoms with Gasteiger partial charge in [0.25, 0.3) is 10.0 Å². The molecule has 1 aromatic carbocycles. The van der Waals surface area contributed by atoms with Crippen LogP contribution in [0.4, 0.5) is 0 Å². The van der Waals surface area contributed by atoms with Crippen molar-refractivity contribution in [1.82, 2.24) is 4.72 Å². The number of hydrogen-bond acceptors (Lipinski definition) is 4. The summed E-state index contributed by atoms with van der Waals surface area (Å²) in [5.41, 5.74) is 1.21. The van der Waals surface area contributed by atoms with Crippen LogP contribution in [-0.4, -0.2) is 13.5 Å². The summed E-state index contributed by atoms with van der Waals surface area (Å²) in [6, 6.07) is 5.86. The summed E-state index contributed by atoms with van der Waals surface area (Å²) in [5, 5.41) is 11.5. The molecule has 0 aliphatic carbocycles. The van der Waals surface area contributed by atoms with Crippen LogP contribution in [0.25, 0.3) is 0 Å². The molecule has 0 spiro atoms. The lowest BCUT2D eigenvalue weighted by atomic mass is 10.1. The van der Waals surface area contributed by atoms with Gasteiger partial charge in [-0.25, -0.2) is 13.1 Å². The van der Waals surface area contributed by atoms with E-state index in [1.165, 1.54) is 6.07 Å². The first kappa shape index (κ1) is 16.7. The highest BCUT2D eigenvalue weighted by molar-refractivity contribution is 7.91. The monoisotopic (exact) mass is 365 g/mol. The van der Waals surface area contributed by atoms with Crippen LogP contribution in [0.3, 0.4) is 0 Å². The summed E-state index contributed by atoms with van der Waals surface area (Å²) >= 11 is 13.0. The topological polar surface area (TPSA) is 66.4 Å². The molecule has 0 aliphatic rings. The minimum atomic E-state index is -3.66. The van der Waals surface area contributed by atoms with Gasteiger partial charge in [-0.15, -0.1) is 11.3 Å². The Kier molecular flexibility index (Phi) is 5.29. The average Bonchev–Trinajstić information content (AvgIpc) is 2.87. The first-order chi connectivity index (χ1) is 9.83. The highest BCUT2D eigenvalue weighted by atomic mass is 35.5. The molecule has 0 bridgehead atoms. The Hall–Kier alpha value is -0.630. The number of halogens is 2. The molecule has 1 heterocycles. The van der Waals surface area contributed by atoms with E-state index in [1.54, 1.807) is 30.5 Å². The first-order valence-corrected chi connectivity index (χ1v) is 9.11. The summed E-state index contributed by atoms with van der Waals surface area (Å²) in [6.07, 6.45) is 0. The minimum Gasteiger partial charge on any atom is -0.392 e. The molecule has 1 aromatic heterocycles. The molecule has 1 atom stereocenters. The van der Waals surface area contributed by atoms with Crippen molar-refractivity contribution in [2.45, 2.75) is 23.8 Å². The van der Waals surface area contributed by atoms with E-state index >= 15 is 0 Å². The molecule has 2 rings (SSSR count). The largest absolute Gasteiger partial charge is 0.392 e. The van der Waals surface area contributed by atoms with Crippen molar-refractivity contribution in [3.63, 3.8) is 0 Å². The predicted octanol–water partition coefficient (Wildman–Crippen LogP) is 3.59. The van der Waals surface area contributed by atoms with E-state index in [4.69, 9.17) is 28.3 Å². The van der Waals surface area contributed by atoms with E-state index in [9.17, 15) is 8.42 Å². The van der Waals surface area contributed by atoms with Crippen LogP contribution in [0.5, 0.6) is 0 Å². The molecule has 0 radical (unpaired) electrons. The van der Waals surface area contributed by atoms with E-state index in [0.717, 1.165) is 11.3 Å². The molecule has 2 aromatic rings. The Morgan fingerprint density at radius 3 is 2.62 bits per heavy atom. The van der Waals surface area contributed by atoms with E-state index in [-0.39, 0.29) is 10.8 Å². The number of sulfonamides is 1. The Morgan fingerprint density at radius 1 is 1.33 bits per heavy atom. The van der Waals surface area contributed by atoms with Crippen LogP contribution < -0.4 is 4.72 Å². The van der Waals surface area contributed by atoms with Gasteiger partial charge in [-0.3, -0.25) is 0 Å². The van der Waals surface area contributed by atoms with Gasteiger partial charge in [0.1, 0.15) is 4.21 Å². The maximum absolute atomic E-state index is 12.3. The van der Waals surface area contributed by atoms with Crippen molar-refractivity contribution < 1.29 is 13.5 Å². The zero-order valence-electron chi connectivity index (χ0n) is 11.0. The molecule has 0 fully saturated rings. The number of aliphatic hydroxyl groups excluding tert-OH is 1. The van der Waals surface area contributed by atoms with Gasteiger partial charge in [0.2, 0.25) is 0 Å². The number of rotatable bonds is 5. The Morgan fingerprint density at radius 2 is 2.05 bits per heavy atom. The predicted molar refractivity (Wildman–Crippen MR) is 85.4 cm³/mol. The Bertz CT molecular complexity index is 744. The molecule has 1 unspecified atom stereocenters. The average molecular weight is 366 g/mol. The molecular weight excluding hydrogens is 353 g/mol. The lowest BCUT2D eigenvalue weighted by Crippen LogP contribution is -2.26. The molecule has 0 aliphatic heterocycles. The second-order valence-electron chi connectivity index (χ2n) is 4.44. The summed E-state index contributed by atoms with van der Waals surface area (Å²) in [5.74, 6) is 0. The van der Waals surface area contributed by atoms with E-state index in [1.807, 2.05) is 0 Å². The maximum atomic E-state index is 12.3. The maximum Gasteiger partial charge on any atom is 0.250 e. The molecule has 2 N–H and O–H groups in total. The van der Waals surface area contributed by atoms with Crippen molar-refractivity contribution in [3.05, 3.63) is 50.8 Å². The summed E-state index contributed by atoms with van der Waals surface area (Å²) in [6.45, 7) is 1.51. The number of nitrogens with one attached hydrogen (secondary N) is 1. The molecule has 114 valence electrons. The highest BCUT2D eigenvalue weighted by Gasteiger charge is 2.21. The fourth-order valence-electron chi connectivity index (χ4n) is 1.78. The molecule has 0 amide bonds. The second kappa shape index (κ2) is 6.64. The highest BCUT2D eigenvalue weighted by Crippen LogP contribution is 2.28. The van der Waals surface area contributed by atoms with Crippen LogP contribution in [-0.2, 0) is 16.6 Å². The van der Waals surface area contributed by atoms with Crippen molar-refractivity contribution in [2.24, 2.45) is 0 Å². The summed E-state index contributed by atoms with van der Waals surface area (Å²) < 4.78 is 27.3.